The summed E-state index contributed by atoms with van der Waals surface area (Å²) in [7, 11) is 0. The number of hydrogen-bond acceptors (Lipinski definition) is 4. The van der Waals surface area contributed by atoms with Crippen molar-refractivity contribution in [3.05, 3.63) is 28.9 Å². The fourth-order valence-electron chi connectivity index (χ4n) is 2.22. The molecule has 1 aliphatic carbocycles. The molecule has 0 aromatic carbocycles. The second-order valence-electron chi connectivity index (χ2n) is 4.41. The Labute approximate surface area is 108 Å². The van der Waals surface area contributed by atoms with Crippen LogP contribution in [0.3, 0.4) is 0 Å². The molecule has 0 spiro atoms. The van der Waals surface area contributed by atoms with Gasteiger partial charge in [-0.1, -0.05) is 0 Å². The maximum Gasteiger partial charge on any atom is 0.208 e. The predicted molar refractivity (Wildman–Crippen MR) is 69.1 cm³/mol. The summed E-state index contributed by atoms with van der Waals surface area (Å²) in [6.45, 7) is 0. The van der Waals surface area contributed by atoms with Crippen LogP contribution in [0.15, 0.2) is 17.8 Å². The van der Waals surface area contributed by atoms with Crippen LogP contribution < -0.4 is 5.32 Å². The normalized spacial score (nSPS) is 16.2. The molecule has 2 aromatic rings. The van der Waals surface area contributed by atoms with Crippen LogP contribution >= 0.6 is 11.3 Å². The van der Waals surface area contributed by atoms with Crippen molar-refractivity contribution in [3.8, 4) is 6.07 Å². The van der Waals surface area contributed by atoms with E-state index >= 15 is 0 Å². The lowest BCUT2D eigenvalue weighted by Gasteiger charge is -2.10. The van der Waals surface area contributed by atoms with E-state index in [4.69, 9.17) is 5.26 Å². The number of nitrogens with one attached hydrogen (secondary N) is 1. The summed E-state index contributed by atoms with van der Waals surface area (Å²) in [6.07, 6.45) is 6.50. The molecule has 1 N–H and O–H groups in total. The van der Waals surface area contributed by atoms with Crippen LogP contribution in [0.4, 0.5) is 0 Å². The van der Waals surface area contributed by atoms with Gasteiger partial charge < -0.3 is 5.32 Å². The highest BCUT2D eigenvalue weighted by molar-refractivity contribution is 7.17. The van der Waals surface area contributed by atoms with E-state index in [1.807, 2.05) is 6.20 Å². The van der Waals surface area contributed by atoms with Crippen molar-refractivity contribution in [2.75, 3.05) is 0 Å². The molecule has 1 atom stereocenters. The first-order valence-electron chi connectivity index (χ1n) is 5.79. The molecular formula is C13H11N3OS. The number of hydrogen-bond donors (Lipinski definition) is 1. The average molecular weight is 257 g/mol. The monoisotopic (exact) mass is 257 g/mol. The first-order valence-corrected chi connectivity index (χ1v) is 6.67. The van der Waals surface area contributed by atoms with E-state index in [2.05, 4.69) is 21.8 Å². The number of carbonyl (C=O) groups excluding carboxylic acids is 1. The summed E-state index contributed by atoms with van der Waals surface area (Å²) >= 11 is 1.65. The second kappa shape index (κ2) is 4.39. The van der Waals surface area contributed by atoms with Gasteiger partial charge in [0.1, 0.15) is 6.04 Å². The van der Waals surface area contributed by atoms with Crippen LogP contribution in [0.5, 0.6) is 0 Å². The van der Waals surface area contributed by atoms with Crippen LogP contribution in [0.2, 0.25) is 0 Å². The molecule has 1 amide bonds. The Hall–Kier alpha value is -1.93. The first-order chi connectivity index (χ1) is 8.85. The molecule has 1 saturated carbocycles. The summed E-state index contributed by atoms with van der Waals surface area (Å²) in [4.78, 5) is 14.7. The van der Waals surface area contributed by atoms with Crippen LogP contribution in [-0.4, -0.2) is 11.4 Å². The third kappa shape index (κ3) is 1.75. The minimum Gasteiger partial charge on any atom is -0.339 e. The van der Waals surface area contributed by atoms with Crippen LogP contribution in [0, 0.1) is 11.3 Å². The van der Waals surface area contributed by atoms with Crippen LogP contribution in [0.1, 0.15) is 35.9 Å². The third-order valence-corrected chi connectivity index (χ3v) is 4.17. The first kappa shape index (κ1) is 11.2. The van der Waals surface area contributed by atoms with Gasteiger partial charge in [-0.15, -0.1) is 11.3 Å². The number of thiophene rings is 1. The van der Waals surface area contributed by atoms with E-state index in [1.54, 1.807) is 17.5 Å². The van der Waals surface area contributed by atoms with Gasteiger partial charge >= 0.3 is 0 Å². The molecule has 5 heteroatoms. The van der Waals surface area contributed by atoms with Gasteiger partial charge in [0.05, 0.1) is 10.8 Å². The molecule has 2 heterocycles. The molecule has 4 nitrogen and oxygen atoms in total. The van der Waals surface area contributed by atoms with Crippen molar-refractivity contribution in [1.29, 1.82) is 5.26 Å². The van der Waals surface area contributed by atoms with E-state index in [0.717, 1.165) is 15.6 Å². The highest BCUT2D eigenvalue weighted by atomic mass is 32.1. The molecule has 0 bridgehead atoms. The molecule has 90 valence electrons. The largest absolute Gasteiger partial charge is 0.339 e. The Kier molecular flexibility index (Phi) is 2.73. The van der Waals surface area contributed by atoms with Crippen molar-refractivity contribution < 1.29 is 4.79 Å². The number of nitriles is 1. The standard InChI is InChI=1S/C13H11N3OS/c14-3-11(16-7-17)9-4-15-5-12-13(9)10(6-18-12)8-1-2-8/h4-8,11H,1-2H2,(H,16,17). The van der Waals surface area contributed by atoms with Gasteiger partial charge in [-0.3, -0.25) is 9.78 Å². The molecule has 0 radical (unpaired) electrons. The second-order valence-corrected chi connectivity index (χ2v) is 5.33. The number of nitrogens with zero attached hydrogens (tertiary/aromatic N) is 2. The van der Waals surface area contributed by atoms with Gasteiger partial charge in [0.25, 0.3) is 0 Å². The van der Waals surface area contributed by atoms with E-state index in [1.165, 1.54) is 18.4 Å². The van der Waals surface area contributed by atoms with Crippen molar-refractivity contribution in [1.82, 2.24) is 10.3 Å². The van der Waals surface area contributed by atoms with Gasteiger partial charge in [0.15, 0.2) is 0 Å². The zero-order chi connectivity index (χ0) is 12.5. The molecule has 0 saturated heterocycles. The van der Waals surface area contributed by atoms with Gasteiger partial charge in [0.2, 0.25) is 6.41 Å². The fourth-order valence-corrected chi connectivity index (χ4v) is 3.26. The summed E-state index contributed by atoms with van der Waals surface area (Å²) < 4.78 is 1.09. The number of amides is 1. The van der Waals surface area contributed by atoms with Crippen molar-refractivity contribution >= 4 is 27.8 Å². The number of aromatic nitrogens is 1. The zero-order valence-corrected chi connectivity index (χ0v) is 10.4. The van der Waals surface area contributed by atoms with Crippen molar-refractivity contribution in [2.24, 2.45) is 0 Å². The highest BCUT2D eigenvalue weighted by Crippen LogP contribution is 2.46. The summed E-state index contributed by atoms with van der Waals surface area (Å²) in [5.74, 6) is 0.621. The quantitative estimate of drug-likeness (QED) is 0.856. The molecular weight excluding hydrogens is 246 g/mol. The predicted octanol–water partition coefficient (Wildman–Crippen LogP) is 2.48. The Bertz CT molecular complexity index is 639. The van der Waals surface area contributed by atoms with Gasteiger partial charge in [0, 0.05) is 23.3 Å². The van der Waals surface area contributed by atoms with Crippen LogP contribution in [-0.2, 0) is 4.79 Å². The lowest BCUT2D eigenvalue weighted by atomic mass is 10.0. The molecule has 18 heavy (non-hydrogen) atoms. The molecule has 3 rings (SSSR count). The van der Waals surface area contributed by atoms with Crippen molar-refractivity contribution in [3.63, 3.8) is 0 Å². The highest BCUT2D eigenvalue weighted by Gasteiger charge is 2.28. The number of fused-ring (bicyclic) bond motifs is 1. The Morgan fingerprint density at radius 3 is 3.06 bits per heavy atom. The zero-order valence-electron chi connectivity index (χ0n) is 9.59. The number of carbonyl (C=O) groups is 1. The molecule has 1 fully saturated rings. The van der Waals surface area contributed by atoms with E-state index in [9.17, 15) is 4.79 Å². The summed E-state index contributed by atoms with van der Waals surface area (Å²) in [5, 5.41) is 15.0. The molecule has 1 aliphatic rings. The fraction of sp³-hybridized carbons (Fsp3) is 0.308. The van der Waals surface area contributed by atoms with Crippen molar-refractivity contribution in [2.45, 2.75) is 24.8 Å². The topological polar surface area (TPSA) is 65.8 Å². The summed E-state index contributed by atoms with van der Waals surface area (Å²) in [6, 6.07) is 1.49. The minimum atomic E-state index is -0.620. The number of rotatable bonds is 4. The maximum atomic E-state index is 10.6. The SMILES string of the molecule is N#CC(NC=O)c1cncc2scc(C3CC3)c12. The maximum absolute atomic E-state index is 10.6. The molecule has 2 aromatic heterocycles. The van der Waals surface area contributed by atoms with Gasteiger partial charge in [-0.2, -0.15) is 5.26 Å². The Morgan fingerprint density at radius 2 is 2.39 bits per heavy atom. The Balaban J connectivity index is 2.18. The van der Waals surface area contributed by atoms with E-state index in [-0.39, 0.29) is 0 Å². The third-order valence-electron chi connectivity index (χ3n) is 3.23. The van der Waals surface area contributed by atoms with Crippen LogP contribution in [0.25, 0.3) is 10.1 Å². The molecule has 0 aliphatic heterocycles. The lowest BCUT2D eigenvalue weighted by molar-refractivity contribution is -0.109. The summed E-state index contributed by atoms with van der Waals surface area (Å²) in [5.41, 5.74) is 2.12. The number of pyridine rings is 1. The van der Waals surface area contributed by atoms with Gasteiger partial charge in [-0.25, -0.2) is 0 Å². The van der Waals surface area contributed by atoms with Gasteiger partial charge in [-0.05, 0) is 29.7 Å². The van der Waals surface area contributed by atoms with E-state index in [0.29, 0.717) is 12.3 Å². The smallest absolute Gasteiger partial charge is 0.208 e. The van der Waals surface area contributed by atoms with E-state index < -0.39 is 6.04 Å². The Morgan fingerprint density at radius 1 is 1.56 bits per heavy atom. The minimum absolute atomic E-state index is 0.565. The lowest BCUT2D eigenvalue weighted by Crippen LogP contribution is -2.18. The molecule has 1 unspecified atom stereocenters. The average Bonchev–Trinajstić information content (AvgIpc) is 3.15.